The largest absolute Gasteiger partial charge is 0.371 e. The van der Waals surface area contributed by atoms with Gasteiger partial charge < -0.3 is 10.2 Å². The molecule has 0 radical (unpaired) electrons. The molecule has 1 aliphatic heterocycles. The number of rotatable bonds is 7. The molecule has 1 amide bonds. The van der Waals surface area contributed by atoms with E-state index < -0.39 is 0 Å². The molecule has 28 heavy (non-hydrogen) atoms. The molecule has 0 aliphatic carbocycles. The Hall–Kier alpha value is -1.65. The number of thioether (sulfide) groups is 1. The number of anilines is 1. The molecule has 1 fully saturated rings. The summed E-state index contributed by atoms with van der Waals surface area (Å²) < 4.78 is 0. The van der Waals surface area contributed by atoms with Gasteiger partial charge in [0.15, 0.2) is 0 Å². The van der Waals surface area contributed by atoms with Gasteiger partial charge in [0.25, 0.3) is 0 Å². The van der Waals surface area contributed by atoms with Crippen molar-refractivity contribution in [1.29, 1.82) is 0 Å². The van der Waals surface area contributed by atoms with Crippen molar-refractivity contribution in [3.63, 3.8) is 0 Å². The molecular weight excluding hydrogens is 388 g/mol. The average molecular weight is 417 g/mol. The number of nitrogens with one attached hydrogen (secondary N) is 1. The molecule has 150 valence electrons. The molecule has 1 N–H and O–H groups in total. The molecule has 2 aromatic carbocycles. The molecule has 1 aliphatic rings. The molecule has 1 heterocycles. The minimum atomic E-state index is 0.0120. The van der Waals surface area contributed by atoms with Gasteiger partial charge in [-0.25, -0.2) is 0 Å². The van der Waals surface area contributed by atoms with Crippen LogP contribution in [0.3, 0.4) is 0 Å². The van der Waals surface area contributed by atoms with E-state index in [0.717, 1.165) is 35.3 Å². The van der Waals surface area contributed by atoms with Crippen molar-refractivity contribution < 1.29 is 4.79 Å². The molecule has 0 unspecified atom stereocenters. The molecule has 5 heteroatoms. The smallest absolute Gasteiger partial charge is 0.230 e. The minimum Gasteiger partial charge on any atom is -0.371 e. The van der Waals surface area contributed by atoms with Crippen LogP contribution >= 0.6 is 23.4 Å². The summed E-state index contributed by atoms with van der Waals surface area (Å²) in [6.07, 6.45) is 2.59. The number of hydrogen-bond acceptors (Lipinski definition) is 3. The Bertz CT molecular complexity index is 763. The summed E-state index contributed by atoms with van der Waals surface area (Å²) in [4.78, 5) is 14.7. The van der Waals surface area contributed by atoms with Crippen LogP contribution in [0.1, 0.15) is 43.9 Å². The topological polar surface area (TPSA) is 32.3 Å². The van der Waals surface area contributed by atoms with E-state index in [4.69, 9.17) is 11.6 Å². The van der Waals surface area contributed by atoms with E-state index in [1.165, 1.54) is 24.1 Å². The first-order valence-corrected chi connectivity index (χ1v) is 11.5. The fourth-order valence-corrected chi connectivity index (χ4v) is 4.53. The van der Waals surface area contributed by atoms with E-state index in [2.05, 4.69) is 41.4 Å². The maximum absolute atomic E-state index is 12.3. The molecule has 0 bridgehead atoms. The summed E-state index contributed by atoms with van der Waals surface area (Å²) in [6.45, 7) is 6.64. The zero-order valence-electron chi connectivity index (χ0n) is 16.7. The Labute approximate surface area is 177 Å². The lowest BCUT2D eigenvalue weighted by atomic mass is 9.99. The highest BCUT2D eigenvalue weighted by atomic mass is 35.5. The van der Waals surface area contributed by atoms with Crippen LogP contribution in [0.25, 0.3) is 0 Å². The summed E-state index contributed by atoms with van der Waals surface area (Å²) in [5.74, 6) is 2.09. The summed E-state index contributed by atoms with van der Waals surface area (Å²) in [5.41, 5.74) is 3.61. The first-order valence-electron chi connectivity index (χ1n) is 9.97. The SMILES string of the molecule is C[C@H]1CCCN(c2ccc([C@@H](C)NC(=O)CSCc3ccc(Cl)cc3)cc2)C1. The fraction of sp³-hybridized carbons (Fsp3) is 0.435. The Morgan fingerprint density at radius 2 is 1.93 bits per heavy atom. The molecule has 3 rings (SSSR count). The van der Waals surface area contributed by atoms with Gasteiger partial charge >= 0.3 is 0 Å². The third-order valence-corrected chi connectivity index (χ3v) is 6.46. The van der Waals surface area contributed by atoms with Gasteiger partial charge in [0.2, 0.25) is 5.91 Å². The highest BCUT2D eigenvalue weighted by Crippen LogP contribution is 2.24. The normalized spacial score (nSPS) is 18.0. The predicted octanol–water partition coefficient (Wildman–Crippen LogP) is 5.69. The monoisotopic (exact) mass is 416 g/mol. The summed E-state index contributed by atoms with van der Waals surface area (Å²) >= 11 is 7.52. The van der Waals surface area contributed by atoms with Crippen LogP contribution in [0.2, 0.25) is 5.02 Å². The molecular formula is C23H29ClN2OS. The van der Waals surface area contributed by atoms with Crippen LogP contribution in [0.15, 0.2) is 48.5 Å². The molecule has 1 saturated heterocycles. The van der Waals surface area contributed by atoms with Crippen molar-refractivity contribution in [1.82, 2.24) is 5.32 Å². The number of piperidine rings is 1. The Morgan fingerprint density at radius 3 is 2.61 bits per heavy atom. The quantitative estimate of drug-likeness (QED) is 0.629. The number of carbonyl (C=O) groups is 1. The highest BCUT2D eigenvalue weighted by Gasteiger charge is 2.17. The third-order valence-electron chi connectivity index (χ3n) is 5.21. The van der Waals surface area contributed by atoms with Gasteiger partial charge in [-0.1, -0.05) is 42.8 Å². The van der Waals surface area contributed by atoms with Crippen molar-refractivity contribution in [2.75, 3.05) is 23.7 Å². The first-order chi connectivity index (χ1) is 13.5. The van der Waals surface area contributed by atoms with Gasteiger partial charge in [0, 0.05) is 29.6 Å². The van der Waals surface area contributed by atoms with Crippen LogP contribution in [0.4, 0.5) is 5.69 Å². The molecule has 0 aromatic heterocycles. The van der Waals surface area contributed by atoms with Crippen LogP contribution in [-0.4, -0.2) is 24.7 Å². The van der Waals surface area contributed by atoms with E-state index in [9.17, 15) is 4.79 Å². The first kappa shape index (κ1) is 21.1. The number of nitrogens with zero attached hydrogens (tertiary/aromatic N) is 1. The molecule has 2 atom stereocenters. The van der Waals surface area contributed by atoms with Gasteiger partial charge in [-0.2, -0.15) is 0 Å². The zero-order valence-corrected chi connectivity index (χ0v) is 18.2. The van der Waals surface area contributed by atoms with Crippen molar-refractivity contribution in [3.05, 3.63) is 64.7 Å². The van der Waals surface area contributed by atoms with Crippen molar-refractivity contribution >= 4 is 35.0 Å². The maximum Gasteiger partial charge on any atom is 0.230 e. The van der Waals surface area contributed by atoms with Crippen LogP contribution in [0.5, 0.6) is 0 Å². The van der Waals surface area contributed by atoms with Crippen molar-refractivity contribution in [2.24, 2.45) is 5.92 Å². The Morgan fingerprint density at radius 1 is 1.21 bits per heavy atom. The standard InChI is InChI=1S/C23H29ClN2OS/c1-17-4-3-13-26(14-17)22-11-7-20(8-12-22)18(2)25-23(27)16-28-15-19-5-9-21(24)10-6-19/h5-12,17-18H,3-4,13-16H2,1-2H3,(H,25,27)/t17-,18+/m0/s1. The van der Waals surface area contributed by atoms with Crippen LogP contribution < -0.4 is 10.2 Å². The lowest BCUT2D eigenvalue weighted by Gasteiger charge is -2.33. The molecule has 0 spiro atoms. The molecule has 0 saturated carbocycles. The Kier molecular flexibility index (Phi) is 7.69. The Balaban J connectivity index is 1.45. The number of hydrogen-bond donors (Lipinski definition) is 1. The summed E-state index contributed by atoms with van der Waals surface area (Å²) in [6, 6.07) is 16.4. The van der Waals surface area contributed by atoms with Crippen molar-refractivity contribution in [2.45, 2.75) is 38.5 Å². The average Bonchev–Trinajstić information content (AvgIpc) is 2.69. The van der Waals surface area contributed by atoms with E-state index >= 15 is 0 Å². The molecule has 3 nitrogen and oxygen atoms in total. The lowest BCUT2D eigenvalue weighted by molar-refractivity contribution is -0.119. The second kappa shape index (κ2) is 10.2. The number of benzene rings is 2. The van der Waals surface area contributed by atoms with E-state index in [1.807, 2.05) is 31.2 Å². The summed E-state index contributed by atoms with van der Waals surface area (Å²) in [5, 5.41) is 3.84. The van der Waals surface area contributed by atoms with Gasteiger partial charge in [0.05, 0.1) is 11.8 Å². The van der Waals surface area contributed by atoms with Gasteiger partial charge in [0.1, 0.15) is 0 Å². The second-order valence-corrected chi connectivity index (χ2v) is 9.12. The van der Waals surface area contributed by atoms with Gasteiger partial charge in [-0.3, -0.25) is 4.79 Å². The van der Waals surface area contributed by atoms with Crippen LogP contribution in [0, 0.1) is 5.92 Å². The number of amides is 1. The highest BCUT2D eigenvalue weighted by molar-refractivity contribution is 7.99. The second-order valence-electron chi connectivity index (χ2n) is 7.69. The molecule has 2 aromatic rings. The third kappa shape index (κ3) is 6.18. The number of halogens is 1. The van der Waals surface area contributed by atoms with Gasteiger partial charge in [-0.05, 0) is 61.1 Å². The zero-order chi connectivity index (χ0) is 19.9. The van der Waals surface area contributed by atoms with E-state index in [1.54, 1.807) is 11.8 Å². The summed E-state index contributed by atoms with van der Waals surface area (Å²) in [7, 11) is 0. The van der Waals surface area contributed by atoms with Crippen molar-refractivity contribution in [3.8, 4) is 0 Å². The van der Waals surface area contributed by atoms with Gasteiger partial charge in [-0.15, -0.1) is 11.8 Å². The minimum absolute atomic E-state index is 0.0120. The lowest BCUT2D eigenvalue weighted by Crippen LogP contribution is -2.34. The van der Waals surface area contributed by atoms with E-state index in [0.29, 0.717) is 5.75 Å². The van der Waals surface area contributed by atoms with Crippen LogP contribution in [-0.2, 0) is 10.5 Å². The van der Waals surface area contributed by atoms with E-state index in [-0.39, 0.29) is 11.9 Å². The maximum atomic E-state index is 12.3. The fourth-order valence-electron chi connectivity index (χ4n) is 3.61. The predicted molar refractivity (Wildman–Crippen MR) is 121 cm³/mol. The number of carbonyl (C=O) groups excluding carboxylic acids is 1.